The third-order valence-electron chi connectivity index (χ3n) is 5.16. The van der Waals surface area contributed by atoms with Crippen LogP contribution in [0.1, 0.15) is 53.4 Å². The quantitative estimate of drug-likeness (QED) is 0.641. The predicted molar refractivity (Wildman–Crippen MR) is 99.8 cm³/mol. The molecule has 1 aromatic carbocycles. The number of H-pyrrole nitrogens is 2. The Kier molecular flexibility index (Phi) is 5.01. The van der Waals surface area contributed by atoms with Crippen LogP contribution in [0.25, 0.3) is 11.0 Å². The van der Waals surface area contributed by atoms with Crippen LogP contribution in [0.15, 0.2) is 24.5 Å². The summed E-state index contributed by atoms with van der Waals surface area (Å²) in [6, 6.07) is 6.04. The Bertz CT molecular complexity index is 791. The van der Waals surface area contributed by atoms with E-state index in [1.165, 1.54) is 19.3 Å². The molecule has 2 aromatic heterocycles. The van der Waals surface area contributed by atoms with Crippen LogP contribution in [-0.2, 0) is 0 Å². The molecule has 0 radical (unpaired) electrons. The summed E-state index contributed by atoms with van der Waals surface area (Å²) < 4.78 is 0. The van der Waals surface area contributed by atoms with Crippen molar-refractivity contribution in [1.82, 2.24) is 30.6 Å². The van der Waals surface area contributed by atoms with Gasteiger partial charge in [-0.05, 0) is 38.3 Å². The number of nitrogens with zero attached hydrogens (tertiary/aromatic N) is 5. The lowest BCUT2D eigenvalue weighted by atomic mass is 9.80. The number of aromatic amines is 2. The molecule has 0 bridgehead atoms. The van der Waals surface area contributed by atoms with Gasteiger partial charge in [-0.3, -0.25) is 0 Å². The summed E-state index contributed by atoms with van der Waals surface area (Å²) in [4.78, 5) is 6.68. The fraction of sp³-hybridized carbons (Fsp3) is 0.556. The maximum atomic E-state index is 4.45. The van der Waals surface area contributed by atoms with Gasteiger partial charge in [0, 0.05) is 5.54 Å². The number of hydrogen-bond acceptors (Lipinski definition) is 5. The van der Waals surface area contributed by atoms with Crippen LogP contribution >= 0.6 is 0 Å². The Morgan fingerprint density at radius 1 is 1.20 bits per heavy atom. The molecular weight excluding hydrogens is 314 g/mol. The molecule has 2 heterocycles. The van der Waals surface area contributed by atoms with Gasteiger partial charge < -0.3 is 4.90 Å². The van der Waals surface area contributed by atoms with E-state index < -0.39 is 0 Å². The Hall–Kier alpha value is -2.44. The van der Waals surface area contributed by atoms with E-state index >= 15 is 0 Å². The van der Waals surface area contributed by atoms with E-state index in [1.54, 1.807) is 6.33 Å². The monoisotopic (exact) mass is 341 g/mol. The number of hydrogen-bond donors (Lipinski definition) is 2. The minimum Gasteiger partial charge on any atom is -0.303 e. The van der Waals surface area contributed by atoms with E-state index in [1.807, 2.05) is 12.1 Å². The zero-order valence-electron chi connectivity index (χ0n) is 15.5. The van der Waals surface area contributed by atoms with Crippen LogP contribution in [0.5, 0.6) is 0 Å². The van der Waals surface area contributed by atoms with Gasteiger partial charge in [-0.1, -0.05) is 39.2 Å². The molecule has 3 rings (SSSR count). The van der Waals surface area contributed by atoms with Crippen molar-refractivity contribution in [3.63, 3.8) is 0 Å². The average molecular weight is 341 g/mol. The number of rotatable bonds is 8. The van der Waals surface area contributed by atoms with Crippen molar-refractivity contribution in [1.29, 1.82) is 0 Å². The minimum atomic E-state index is -0.156. The molecule has 134 valence electrons. The van der Waals surface area contributed by atoms with Crippen molar-refractivity contribution in [2.45, 2.75) is 58.9 Å². The van der Waals surface area contributed by atoms with E-state index in [0.717, 1.165) is 29.1 Å². The van der Waals surface area contributed by atoms with E-state index in [2.05, 4.69) is 69.3 Å². The van der Waals surface area contributed by atoms with Crippen molar-refractivity contribution in [2.24, 2.45) is 5.92 Å². The van der Waals surface area contributed by atoms with E-state index in [9.17, 15) is 0 Å². The summed E-state index contributed by atoms with van der Waals surface area (Å²) in [5, 5.41) is 18.5. The first kappa shape index (κ1) is 17.4. The normalized spacial score (nSPS) is 13.3. The first-order valence-electron chi connectivity index (χ1n) is 9.04. The molecule has 1 atom stereocenters. The van der Waals surface area contributed by atoms with Crippen LogP contribution in [0.2, 0.25) is 0 Å². The van der Waals surface area contributed by atoms with Gasteiger partial charge in [0.15, 0.2) is 0 Å². The molecule has 7 nitrogen and oxygen atoms in total. The molecule has 0 spiro atoms. The van der Waals surface area contributed by atoms with Gasteiger partial charge in [0.2, 0.25) is 5.95 Å². The number of aromatic nitrogens is 6. The molecule has 1 unspecified atom stereocenters. The van der Waals surface area contributed by atoms with Gasteiger partial charge in [0.25, 0.3) is 0 Å². The van der Waals surface area contributed by atoms with E-state index in [4.69, 9.17) is 0 Å². The Balaban J connectivity index is 2.11. The molecule has 3 aromatic rings. The summed E-state index contributed by atoms with van der Waals surface area (Å²) in [6.45, 7) is 9.05. The number of fused-ring (bicyclic) bond motifs is 1. The lowest BCUT2D eigenvalue weighted by Crippen LogP contribution is -2.47. The van der Waals surface area contributed by atoms with Crippen LogP contribution in [-0.4, -0.2) is 36.1 Å². The second-order valence-corrected chi connectivity index (χ2v) is 7.01. The molecule has 25 heavy (non-hydrogen) atoms. The van der Waals surface area contributed by atoms with Crippen molar-refractivity contribution in [3.05, 3.63) is 24.5 Å². The average Bonchev–Trinajstić information content (AvgIpc) is 3.27. The summed E-state index contributed by atoms with van der Waals surface area (Å²) in [5.41, 5.74) is 2.52. The maximum absolute atomic E-state index is 4.45. The Morgan fingerprint density at radius 2 is 2.04 bits per heavy atom. The molecule has 0 amide bonds. The number of benzene rings is 1. The third-order valence-corrected chi connectivity index (χ3v) is 5.16. The van der Waals surface area contributed by atoms with Crippen LogP contribution in [0, 0.1) is 5.92 Å². The number of anilines is 2. The molecule has 0 aliphatic rings. The molecule has 0 fully saturated rings. The van der Waals surface area contributed by atoms with Gasteiger partial charge in [-0.25, -0.2) is 5.10 Å². The van der Waals surface area contributed by atoms with Gasteiger partial charge in [0.1, 0.15) is 17.4 Å². The topological polar surface area (TPSA) is 86.4 Å². The molecule has 0 saturated carbocycles. The van der Waals surface area contributed by atoms with Gasteiger partial charge in [-0.2, -0.15) is 25.5 Å². The zero-order chi connectivity index (χ0) is 17.9. The Labute approximate surface area is 148 Å². The van der Waals surface area contributed by atoms with Crippen molar-refractivity contribution >= 4 is 22.7 Å². The largest absolute Gasteiger partial charge is 0.303 e. The fourth-order valence-electron chi connectivity index (χ4n) is 3.73. The second kappa shape index (κ2) is 7.21. The predicted octanol–water partition coefficient (Wildman–Crippen LogP) is 4.21. The number of para-hydroxylation sites is 1. The van der Waals surface area contributed by atoms with Crippen molar-refractivity contribution < 1.29 is 0 Å². The van der Waals surface area contributed by atoms with Gasteiger partial charge >= 0.3 is 0 Å². The standard InChI is InChI=1S/C18H27N7/c1-5-7-9-13(6-2)18(3,4)25(17-19-12-20-23-17)15-11-8-10-14-16(15)22-24-21-14/h8,10-13H,5-7,9H2,1-4H3,(H,19,20,23)(H,21,22,24). The summed E-state index contributed by atoms with van der Waals surface area (Å²) in [5.74, 6) is 1.25. The van der Waals surface area contributed by atoms with Gasteiger partial charge in [0.05, 0.1) is 5.69 Å². The van der Waals surface area contributed by atoms with E-state index in [0.29, 0.717) is 5.92 Å². The highest BCUT2D eigenvalue weighted by atomic mass is 15.4. The highest BCUT2D eigenvalue weighted by Crippen LogP contribution is 2.40. The molecular formula is C18H27N7. The van der Waals surface area contributed by atoms with Crippen LogP contribution in [0.3, 0.4) is 0 Å². The number of nitrogens with one attached hydrogen (secondary N) is 2. The highest BCUT2D eigenvalue weighted by molar-refractivity contribution is 5.90. The minimum absolute atomic E-state index is 0.156. The maximum Gasteiger partial charge on any atom is 0.226 e. The number of unbranched alkanes of at least 4 members (excludes halogenated alkanes) is 1. The highest BCUT2D eigenvalue weighted by Gasteiger charge is 2.37. The summed E-state index contributed by atoms with van der Waals surface area (Å²) in [7, 11) is 0. The first-order valence-corrected chi connectivity index (χ1v) is 9.04. The lowest BCUT2D eigenvalue weighted by Gasteiger charge is -2.44. The summed E-state index contributed by atoms with van der Waals surface area (Å²) >= 11 is 0. The van der Waals surface area contributed by atoms with E-state index in [-0.39, 0.29) is 5.54 Å². The molecule has 0 aliphatic heterocycles. The van der Waals surface area contributed by atoms with Crippen LogP contribution in [0.4, 0.5) is 11.6 Å². The molecule has 0 aliphatic carbocycles. The summed E-state index contributed by atoms with van der Waals surface area (Å²) in [6.07, 6.45) is 6.26. The second-order valence-electron chi connectivity index (χ2n) is 7.01. The van der Waals surface area contributed by atoms with Crippen molar-refractivity contribution in [2.75, 3.05) is 4.90 Å². The molecule has 2 N–H and O–H groups in total. The molecule has 7 heteroatoms. The zero-order valence-corrected chi connectivity index (χ0v) is 15.5. The molecule has 0 saturated heterocycles. The third kappa shape index (κ3) is 3.23. The van der Waals surface area contributed by atoms with Crippen LogP contribution < -0.4 is 4.90 Å². The lowest BCUT2D eigenvalue weighted by molar-refractivity contribution is 0.281. The SMILES string of the molecule is CCCCC(CC)C(C)(C)N(c1ncn[nH]1)c1cccc2n[nH]nc12. The first-order chi connectivity index (χ1) is 12.1. The smallest absolute Gasteiger partial charge is 0.226 e. The van der Waals surface area contributed by atoms with Gasteiger partial charge in [-0.15, -0.1) is 0 Å². The Morgan fingerprint density at radius 3 is 2.72 bits per heavy atom. The fourth-order valence-corrected chi connectivity index (χ4v) is 3.73. The van der Waals surface area contributed by atoms with Crippen molar-refractivity contribution in [3.8, 4) is 0 Å².